The minimum Gasteiger partial charge on any atom is -0.507 e. The molecule has 0 spiro atoms. The third-order valence-corrected chi connectivity index (χ3v) is 2.84. The summed E-state index contributed by atoms with van der Waals surface area (Å²) in [7, 11) is 1.75. The average molecular weight is 290 g/mol. The van der Waals surface area contributed by atoms with Crippen LogP contribution >= 0.6 is 0 Å². The van der Waals surface area contributed by atoms with Crippen LogP contribution in [0.15, 0.2) is 28.9 Å². The Morgan fingerprint density at radius 1 is 1.57 bits per heavy atom. The molecule has 0 saturated heterocycles. The molecule has 0 aromatic heterocycles. The van der Waals surface area contributed by atoms with E-state index in [1.54, 1.807) is 18.0 Å². The minimum absolute atomic E-state index is 0.0704. The third kappa shape index (κ3) is 3.35. The molecule has 0 bridgehead atoms. The second-order valence-electron chi connectivity index (χ2n) is 4.61. The van der Waals surface area contributed by atoms with Crippen LogP contribution in [0, 0.1) is 10.1 Å². The van der Waals surface area contributed by atoms with E-state index in [0.29, 0.717) is 23.8 Å². The molecule has 0 saturated carbocycles. The van der Waals surface area contributed by atoms with Gasteiger partial charge in [-0.3, -0.25) is 20.2 Å². The molecule has 0 aliphatic carbocycles. The number of nitro benzene ring substituents is 1. The van der Waals surface area contributed by atoms with Crippen molar-refractivity contribution in [3.63, 3.8) is 0 Å². The van der Waals surface area contributed by atoms with Crippen LogP contribution < -0.4 is 5.32 Å². The molecule has 1 heterocycles. The first-order valence-electron chi connectivity index (χ1n) is 6.12. The van der Waals surface area contributed by atoms with Crippen molar-refractivity contribution >= 4 is 23.6 Å². The van der Waals surface area contributed by atoms with Crippen molar-refractivity contribution in [1.82, 2.24) is 10.2 Å². The molecule has 8 nitrogen and oxygen atoms in total. The Kier molecular flexibility index (Phi) is 3.88. The van der Waals surface area contributed by atoms with E-state index in [1.165, 1.54) is 25.1 Å². The lowest BCUT2D eigenvalue weighted by Crippen LogP contribution is -2.38. The Hall–Kier alpha value is -2.90. The van der Waals surface area contributed by atoms with E-state index in [0.717, 1.165) is 0 Å². The van der Waals surface area contributed by atoms with E-state index >= 15 is 0 Å². The molecule has 1 aromatic rings. The Morgan fingerprint density at radius 2 is 2.29 bits per heavy atom. The lowest BCUT2D eigenvalue weighted by Gasteiger charge is -2.12. The molecule has 8 heteroatoms. The van der Waals surface area contributed by atoms with Crippen LogP contribution in [0.4, 0.5) is 5.69 Å². The lowest BCUT2D eigenvalue weighted by atomic mass is 10.1. The summed E-state index contributed by atoms with van der Waals surface area (Å²) in [6, 6.07) is 3.76. The number of nitrogens with zero attached hydrogens (tertiary/aromatic N) is 3. The smallest absolute Gasteiger partial charge is 0.270 e. The zero-order chi connectivity index (χ0) is 15.6. The SMILES string of the molecule is CC(=O)NC1=N/C(=C\c2cc([N+](=O)[O-])ccc2O)CN1C. The van der Waals surface area contributed by atoms with Crippen molar-refractivity contribution < 1.29 is 14.8 Å². The minimum atomic E-state index is -0.534. The summed E-state index contributed by atoms with van der Waals surface area (Å²) in [4.78, 5) is 27.2. The number of likely N-dealkylation sites (N-methyl/N-ethyl adjacent to an activating group) is 1. The number of non-ortho nitro benzene ring substituents is 1. The van der Waals surface area contributed by atoms with Gasteiger partial charge in [0, 0.05) is 31.7 Å². The third-order valence-electron chi connectivity index (χ3n) is 2.84. The van der Waals surface area contributed by atoms with Gasteiger partial charge in [0.25, 0.3) is 5.69 Å². The molecule has 1 aromatic carbocycles. The molecule has 1 amide bonds. The molecule has 110 valence electrons. The second-order valence-corrected chi connectivity index (χ2v) is 4.61. The number of nitro groups is 1. The zero-order valence-corrected chi connectivity index (χ0v) is 11.5. The van der Waals surface area contributed by atoms with Crippen LogP contribution in [0.1, 0.15) is 12.5 Å². The van der Waals surface area contributed by atoms with Gasteiger partial charge >= 0.3 is 0 Å². The number of amides is 1. The molecule has 0 unspecified atom stereocenters. The Bertz CT molecular complexity index is 666. The Balaban J connectivity index is 2.32. The molecular formula is C13H14N4O4. The van der Waals surface area contributed by atoms with Gasteiger partial charge in [-0.25, -0.2) is 4.99 Å². The van der Waals surface area contributed by atoms with Crippen molar-refractivity contribution in [2.75, 3.05) is 13.6 Å². The summed E-state index contributed by atoms with van der Waals surface area (Å²) in [5.74, 6) is 0.0950. The van der Waals surface area contributed by atoms with Gasteiger partial charge in [-0.1, -0.05) is 0 Å². The van der Waals surface area contributed by atoms with Crippen molar-refractivity contribution in [3.05, 3.63) is 39.6 Å². The van der Waals surface area contributed by atoms with Crippen LogP contribution in [-0.4, -0.2) is 40.4 Å². The number of carbonyl (C=O) groups is 1. The highest BCUT2D eigenvalue weighted by atomic mass is 16.6. The number of guanidine groups is 1. The monoisotopic (exact) mass is 290 g/mol. The first-order valence-corrected chi connectivity index (χ1v) is 6.12. The predicted molar refractivity (Wildman–Crippen MR) is 76.6 cm³/mol. The first-order chi connectivity index (χ1) is 9.86. The molecule has 2 rings (SSSR count). The Morgan fingerprint density at radius 3 is 2.90 bits per heavy atom. The first kappa shape index (κ1) is 14.5. The highest BCUT2D eigenvalue weighted by molar-refractivity contribution is 5.97. The van der Waals surface area contributed by atoms with Gasteiger partial charge < -0.3 is 10.0 Å². The summed E-state index contributed by atoms with van der Waals surface area (Å²) in [5.41, 5.74) is 0.773. The molecule has 0 atom stereocenters. The largest absolute Gasteiger partial charge is 0.507 e. The topological polar surface area (TPSA) is 108 Å². The van der Waals surface area contributed by atoms with Crippen LogP contribution in [0.25, 0.3) is 6.08 Å². The zero-order valence-electron chi connectivity index (χ0n) is 11.5. The van der Waals surface area contributed by atoms with E-state index in [2.05, 4.69) is 10.3 Å². The summed E-state index contributed by atoms with van der Waals surface area (Å²) >= 11 is 0. The van der Waals surface area contributed by atoms with Gasteiger partial charge in [0.1, 0.15) is 5.75 Å². The number of nitrogens with one attached hydrogen (secondary N) is 1. The van der Waals surface area contributed by atoms with E-state index in [9.17, 15) is 20.0 Å². The van der Waals surface area contributed by atoms with E-state index in [-0.39, 0.29) is 17.3 Å². The molecule has 2 N–H and O–H groups in total. The predicted octanol–water partition coefficient (Wildman–Crippen LogP) is 1.08. The number of phenolic OH excluding ortho intramolecular Hbond substituents is 1. The van der Waals surface area contributed by atoms with Crippen LogP contribution in [-0.2, 0) is 4.79 Å². The van der Waals surface area contributed by atoms with Gasteiger partial charge in [-0.15, -0.1) is 0 Å². The van der Waals surface area contributed by atoms with Crippen molar-refractivity contribution in [2.45, 2.75) is 6.92 Å². The van der Waals surface area contributed by atoms with Crippen LogP contribution in [0.2, 0.25) is 0 Å². The average Bonchev–Trinajstić information content (AvgIpc) is 2.71. The van der Waals surface area contributed by atoms with Crippen LogP contribution in [0.5, 0.6) is 5.75 Å². The van der Waals surface area contributed by atoms with Gasteiger partial charge in [-0.05, 0) is 12.1 Å². The van der Waals surface area contributed by atoms with Crippen molar-refractivity contribution in [3.8, 4) is 5.75 Å². The molecule has 0 fully saturated rings. The highest BCUT2D eigenvalue weighted by Crippen LogP contribution is 2.26. The second kappa shape index (κ2) is 5.61. The molecule has 1 aliphatic heterocycles. The van der Waals surface area contributed by atoms with Gasteiger partial charge in [0.15, 0.2) is 0 Å². The summed E-state index contributed by atoms with van der Waals surface area (Å²) in [6.45, 7) is 1.81. The fourth-order valence-electron chi connectivity index (χ4n) is 1.88. The van der Waals surface area contributed by atoms with Gasteiger partial charge in [0.05, 0.1) is 17.2 Å². The number of aromatic hydroxyl groups is 1. The molecule has 0 radical (unpaired) electrons. The standard InChI is InChI=1S/C13H14N4O4/c1-8(18)14-13-15-10(7-16(13)2)5-9-6-11(17(20)21)3-4-12(9)19/h3-6,19H,7H2,1-2H3,(H,14,15,18)/b10-5-. The van der Waals surface area contributed by atoms with E-state index < -0.39 is 4.92 Å². The quantitative estimate of drug-likeness (QED) is 0.626. The van der Waals surface area contributed by atoms with Gasteiger partial charge in [0.2, 0.25) is 11.9 Å². The number of carbonyl (C=O) groups excluding carboxylic acids is 1. The maximum absolute atomic E-state index is 11.0. The van der Waals surface area contributed by atoms with E-state index in [4.69, 9.17) is 0 Å². The molecular weight excluding hydrogens is 276 g/mol. The van der Waals surface area contributed by atoms with Crippen molar-refractivity contribution in [2.24, 2.45) is 4.99 Å². The maximum Gasteiger partial charge on any atom is 0.270 e. The Labute approximate surface area is 120 Å². The number of benzene rings is 1. The number of aliphatic imine (C=N–C) groups is 1. The summed E-state index contributed by atoms with van der Waals surface area (Å²) in [5, 5.41) is 23.1. The van der Waals surface area contributed by atoms with Crippen molar-refractivity contribution in [1.29, 1.82) is 0 Å². The van der Waals surface area contributed by atoms with Crippen LogP contribution in [0.3, 0.4) is 0 Å². The van der Waals surface area contributed by atoms with Gasteiger partial charge in [-0.2, -0.15) is 0 Å². The molecule has 1 aliphatic rings. The number of phenols is 1. The summed E-state index contributed by atoms with van der Waals surface area (Å²) < 4.78 is 0. The fourth-order valence-corrected chi connectivity index (χ4v) is 1.88. The number of hydrogen-bond acceptors (Lipinski definition) is 6. The normalized spacial score (nSPS) is 16.0. The lowest BCUT2D eigenvalue weighted by molar-refractivity contribution is -0.384. The summed E-state index contributed by atoms with van der Waals surface area (Å²) in [6.07, 6.45) is 1.55. The highest BCUT2D eigenvalue weighted by Gasteiger charge is 2.18. The fraction of sp³-hybridized carbons (Fsp3) is 0.231. The van der Waals surface area contributed by atoms with E-state index in [1.807, 2.05) is 0 Å². The molecule has 21 heavy (non-hydrogen) atoms. The number of hydrogen-bond donors (Lipinski definition) is 2. The number of rotatable bonds is 2. The maximum atomic E-state index is 11.0.